The van der Waals surface area contributed by atoms with Crippen molar-refractivity contribution in [3.05, 3.63) is 85.1 Å². The number of aliphatic hydroxyl groups is 2. The molecule has 0 fully saturated rings. The van der Waals surface area contributed by atoms with E-state index in [1.807, 2.05) is 6.08 Å². The van der Waals surface area contributed by atoms with Gasteiger partial charge in [-0.1, -0.05) is 240 Å². The molecule has 0 saturated carbocycles. The van der Waals surface area contributed by atoms with E-state index in [0.29, 0.717) is 6.42 Å². The Kier molecular flexibility index (Phi) is 46.9. The second kappa shape index (κ2) is 48.9. The monoisotopic (exact) mass is 806 g/mol. The van der Waals surface area contributed by atoms with Crippen molar-refractivity contribution < 1.29 is 15.0 Å². The molecule has 58 heavy (non-hydrogen) atoms. The van der Waals surface area contributed by atoms with Crippen LogP contribution in [0.25, 0.3) is 0 Å². The first-order chi connectivity index (χ1) is 28.7. The summed E-state index contributed by atoms with van der Waals surface area (Å²) in [6.07, 6.45) is 71.4. The number of nitrogens with one attached hydrogen (secondary N) is 1. The highest BCUT2D eigenvalue weighted by atomic mass is 16.3. The maximum atomic E-state index is 12.4. The Morgan fingerprint density at radius 1 is 0.431 bits per heavy atom. The summed E-state index contributed by atoms with van der Waals surface area (Å²) in [6, 6.07) is -0.625. The summed E-state index contributed by atoms with van der Waals surface area (Å²) in [5, 5.41) is 23.0. The van der Waals surface area contributed by atoms with Gasteiger partial charge in [-0.05, 0) is 70.6 Å². The molecule has 0 aliphatic heterocycles. The van der Waals surface area contributed by atoms with Gasteiger partial charge in [0.05, 0.1) is 18.8 Å². The molecule has 0 aliphatic rings. The molecule has 0 heterocycles. The fraction of sp³-hybridized carbons (Fsp3) is 0.722. The molecule has 0 rings (SSSR count). The van der Waals surface area contributed by atoms with Crippen molar-refractivity contribution in [3.8, 4) is 0 Å². The molecule has 1 amide bonds. The lowest BCUT2D eigenvalue weighted by molar-refractivity contribution is -0.123. The molecule has 0 aromatic heterocycles. The summed E-state index contributed by atoms with van der Waals surface area (Å²) >= 11 is 0. The Morgan fingerprint density at radius 3 is 1.14 bits per heavy atom. The Bertz CT molecular complexity index is 1050. The molecule has 0 spiro atoms. The smallest absolute Gasteiger partial charge is 0.220 e. The van der Waals surface area contributed by atoms with Crippen molar-refractivity contribution in [3.63, 3.8) is 0 Å². The molecule has 4 heteroatoms. The number of aliphatic hydroxyl groups excluding tert-OH is 2. The maximum absolute atomic E-state index is 12.4. The average Bonchev–Trinajstić information content (AvgIpc) is 3.23. The van der Waals surface area contributed by atoms with Crippen LogP contribution in [-0.2, 0) is 4.79 Å². The van der Waals surface area contributed by atoms with Gasteiger partial charge in [0, 0.05) is 6.42 Å². The van der Waals surface area contributed by atoms with Crippen LogP contribution in [0.4, 0.5) is 0 Å². The van der Waals surface area contributed by atoms with Crippen LogP contribution < -0.4 is 5.32 Å². The Morgan fingerprint density at radius 2 is 0.759 bits per heavy atom. The molecule has 334 valence electrons. The minimum absolute atomic E-state index is 0.0678. The summed E-state index contributed by atoms with van der Waals surface area (Å²) in [7, 11) is 0. The van der Waals surface area contributed by atoms with Crippen molar-refractivity contribution in [2.75, 3.05) is 6.61 Å². The van der Waals surface area contributed by atoms with Crippen LogP contribution in [0.3, 0.4) is 0 Å². The van der Waals surface area contributed by atoms with Crippen LogP contribution in [0.5, 0.6) is 0 Å². The highest BCUT2D eigenvalue weighted by Gasteiger charge is 2.17. The zero-order chi connectivity index (χ0) is 42.1. The molecule has 0 bridgehead atoms. The molecule has 2 atom stereocenters. The molecule has 0 saturated heterocycles. The van der Waals surface area contributed by atoms with E-state index in [-0.39, 0.29) is 12.5 Å². The molecule has 2 unspecified atom stereocenters. The van der Waals surface area contributed by atoms with Crippen LogP contribution >= 0.6 is 0 Å². The van der Waals surface area contributed by atoms with Gasteiger partial charge in [-0.25, -0.2) is 0 Å². The first-order valence-corrected chi connectivity index (χ1v) is 24.8. The second-order valence-electron chi connectivity index (χ2n) is 16.5. The predicted octanol–water partition coefficient (Wildman–Crippen LogP) is 16.0. The minimum Gasteiger partial charge on any atom is -0.394 e. The van der Waals surface area contributed by atoms with E-state index < -0.39 is 12.1 Å². The summed E-state index contributed by atoms with van der Waals surface area (Å²) in [6.45, 7) is 4.19. The van der Waals surface area contributed by atoms with Gasteiger partial charge >= 0.3 is 0 Å². The highest BCUT2D eigenvalue weighted by molar-refractivity contribution is 5.76. The highest BCUT2D eigenvalue weighted by Crippen LogP contribution is 2.15. The van der Waals surface area contributed by atoms with Gasteiger partial charge in [-0.2, -0.15) is 0 Å². The van der Waals surface area contributed by atoms with Crippen LogP contribution in [0, 0.1) is 0 Å². The van der Waals surface area contributed by atoms with Crippen LogP contribution in [0.15, 0.2) is 85.1 Å². The van der Waals surface area contributed by atoms with E-state index in [4.69, 9.17) is 0 Å². The van der Waals surface area contributed by atoms with Gasteiger partial charge in [-0.15, -0.1) is 0 Å². The summed E-state index contributed by atoms with van der Waals surface area (Å²) in [5.74, 6) is -0.0678. The number of hydrogen-bond donors (Lipinski definition) is 3. The lowest BCUT2D eigenvalue weighted by Crippen LogP contribution is -2.45. The van der Waals surface area contributed by atoms with E-state index in [0.717, 1.165) is 64.2 Å². The van der Waals surface area contributed by atoms with E-state index in [1.165, 1.54) is 148 Å². The maximum Gasteiger partial charge on any atom is 0.220 e. The summed E-state index contributed by atoms with van der Waals surface area (Å²) < 4.78 is 0. The average molecular weight is 806 g/mol. The summed E-state index contributed by atoms with van der Waals surface area (Å²) in [5.41, 5.74) is 0. The molecule has 0 aromatic rings. The zero-order valence-electron chi connectivity index (χ0n) is 38.3. The van der Waals surface area contributed by atoms with Crippen LogP contribution in [0.2, 0.25) is 0 Å². The number of rotatable bonds is 44. The van der Waals surface area contributed by atoms with E-state index >= 15 is 0 Å². The third-order valence-electron chi connectivity index (χ3n) is 10.9. The molecule has 0 radical (unpaired) electrons. The van der Waals surface area contributed by atoms with E-state index in [1.54, 1.807) is 6.08 Å². The van der Waals surface area contributed by atoms with Gasteiger partial charge in [0.15, 0.2) is 0 Å². The summed E-state index contributed by atoms with van der Waals surface area (Å²) in [4.78, 5) is 12.4. The SMILES string of the molecule is CC/C=C\C/C=C\C/C=C\C/C=C\C/C=C\C/C=C\CCCCCCCCCCCCCCCCC(=O)NC(CO)C(O)/C=C/CCCCCCCCCCCCC. The van der Waals surface area contributed by atoms with Crippen LogP contribution in [0.1, 0.15) is 232 Å². The molecular weight excluding hydrogens is 711 g/mol. The van der Waals surface area contributed by atoms with Gasteiger partial charge in [0.25, 0.3) is 0 Å². The second-order valence-corrected chi connectivity index (χ2v) is 16.5. The fourth-order valence-corrected chi connectivity index (χ4v) is 7.12. The first kappa shape index (κ1) is 55.6. The van der Waals surface area contributed by atoms with Crippen molar-refractivity contribution in [2.45, 2.75) is 244 Å². The molecular formula is C54H95NO3. The van der Waals surface area contributed by atoms with Gasteiger partial charge in [0.2, 0.25) is 5.91 Å². The Balaban J connectivity index is 3.53. The quantitative estimate of drug-likeness (QED) is 0.0424. The standard InChI is InChI=1S/C54H95NO3/c1-3-5-7-9-11-13-15-17-18-19-20-21-22-23-24-25-26-27-28-29-30-31-32-33-34-35-36-38-40-42-44-46-48-50-54(58)55-52(51-56)53(57)49-47-45-43-41-39-37-16-14-12-10-8-6-4-2/h5,7,11,13,17-18,20-21,23-24,26-27,47,49,52-53,56-57H,3-4,6,8-10,12,14-16,19,22,25,28-46,48,50-51H2,1-2H3,(H,55,58)/b7-5-,13-11-,18-17-,21-20-,24-23-,27-26-,49-47+. The predicted molar refractivity (Wildman–Crippen MR) is 257 cm³/mol. The fourth-order valence-electron chi connectivity index (χ4n) is 7.12. The van der Waals surface area contributed by atoms with Gasteiger partial charge < -0.3 is 15.5 Å². The van der Waals surface area contributed by atoms with E-state index in [2.05, 4.69) is 92.1 Å². The number of carbonyl (C=O) groups excluding carboxylic acids is 1. The molecule has 0 aromatic carbocycles. The molecule has 0 aliphatic carbocycles. The van der Waals surface area contributed by atoms with Crippen molar-refractivity contribution in [1.29, 1.82) is 0 Å². The lowest BCUT2D eigenvalue weighted by atomic mass is 10.0. The Hall–Kier alpha value is -2.43. The third-order valence-corrected chi connectivity index (χ3v) is 10.9. The van der Waals surface area contributed by atoms with Crippen LogP contribution in [-0.4, -0.2) is 34.9 Å². The molecule has 4 nitrogen and oxygen atoms in total. The van der Waals surface area contributed by atoms with E-state index in [9.17, 15) is 15.0 Å². The topological polar surface area (TPSA) is 69.6 Å². The third kappa shape index (κ3) is 44.7. The number of unbranched alkanes of at least 4 members (excludes halogenated alkanes) is 25. The number of hydrogen-bond acceptors (Lipinski definition) is 3. The van der Waals surface area contributed by atoms with Crippen molar-refractivity contribution >= 4 is 5.91 Å². The normalized spacial score (nSPS) is 13.7. The van der Waals surface area contributed by atoms with Gasteiger partial charge in [-0.3, -0.25) is 4.79 Å². The number of carbonyl (C=O) groups is 1. The minimum atomic E-state index is -0.841. The van der Waals surface area contributed by atoms with Crippen molar-refractivity contribution in [2.24, 2.45) is 0 Å². The molecule has 3 N–H and O–H groups in total. The zero-order valence-corrected chi connectivity index (χ0v) is 38.3. The number of allylic oxidation sites excluding steroid dienone is 13. The van der Waals surface area contributed by atoms with Crippen molar-refractivity contribution in [1.82, 2.24) is 5.32 Å². The van der Waals surface area contributed by atoms with Gasteiger partial charge in [0.1, 0.15) is 0 Å². The first-order valence-electron chi connectivity index (χ1n) is 24.8. The number of amides is 1. The largest absolute Gasteiger partial charge is 0.394 e. The Labute approximate surface area is 361 Å². The lowest BCUT2D eigenvalue weighted by Gasteiger charge is -2.20.